The molecule has 1 heterocycles. The highest BCUT2D eigenvalue weighted by atomic mass is 32.2. The topological polar surface area (TPSA) is 63.7 Å². The molecule has 0 aromatic heterocycles. The molecule has 0 radical (unpaired) electrons. The first-order valence-corrected chi connectivity index (χ1v) is 11.1. The number of hydrogen-bond acceptors (Lipinski definition) is 4. The Hall–Kier alpha value is -2.41. The monoisotopic (exact) mass is 405 g/mol. The summed E-state index contributed by atoms with van der Waals surface area (Å²) in [6, 6.07) is 12.4. The van der Waals surface area contributed by atoms with E-state index in [2.05, 4.69) is 0 Å². The summed E-state index contributed by atoms with van der Waals surface area (Å²) in [5, 5.41) is 0. The fourth-order valence-corrected chi connectivity index (χ4v) is 5.06. The molecule has 1 fully saturated rings. The lowest BCUT2D eigenvalue weighted by molar-refractivity contribution is 0.0680. The fraction of sp³-hybridized carbons (Fsp3) is 0.381. The summed E-state index contributed by atoms with van der Waals surface area (Å²) in [6.45, 7) is 3.99. The van der Waals surface area contributed by atoms with Gasteiger partial charge >= 0.3 is 0 Å². The van der Waals surface area contributed by atoms with Crippen LogP contribution in [0.1, 0.15) is 36.2 Å². The van der Waals surface area contributed by atoms with E-state index in [0.29, 0.717) is 23.3 Å². The van der Waals surface area contributed by atoms with Gasteiger partial charge in [0.1, 0.15) is 11.6 Å². The van der Waals surface area contributed by atoms with Crippen LogP contribution in [0, 0.1) is 5.82 Å². The second-order valence-corrected chi connectivity index (χ2v) is 9.54. The van der Waals surface area contributed by atoms with Crippen LogP contribution < -0.4 is 4.74 Å². The number of halogens is 1. The maximum Gasteiger partial charge on any atom is 0.254 e. The van der Waals surface area contributed by atoms with Gasteiger partial charge in [-0.15, -0.1) is 0 Å². The Balaban J connectivity index is 1.86. The number of nitrogens with zero attached hydrogens (tertiary/aromatic N) is 1. The van der Waals surface area contributed by atoms with Gasteiger partial charge in [-0.3, -0.25) is 4.79 Å². The first kappa shape index (κ1) is 20.3. The molecule has 0 unspecified atom stereocenters. The molecule has 1 atom stereocenters. The largest absolute Gasteiger partial charge is 0.491 e. The Kier molecular flexibility index (Phi) is 6.03. The van der Waals surface area contributed by atoms with Crippen LogP contribution >= 0.6 is 0 Å². The first-order valence-electron chi connectivity index (χ1n) is 9.26. The lowest BCUT2D eigenvalue weighted by Crippen LogP contribution is -2.40. The predicted molar refractivity (Wildman–Crippen MR) is 106 cm³/mol. The van der Waals surface area contributed by atoms with Gasteiger partial charge < -0.3 is 9.64 Å². The average molecular weight is 405 g/mol. The summed E-state index contributed by atoms with van der Waals surface area (Å²) in [4.78, 5) is 14.7. The van der Waals surface area contributed by atoms with E-state index in [0.717, 1.165) is 0 Å². The molecule has 1 saturated heterocycles. The van der Waals surface area contributed by atoms with Gasteiger partial charge in [-0.25, -0.2) is 12.8 Å². The van der Waals surface area contributed by atoms with E-state index >= 15 is 0 Å². The second kappa shape index (κ2) is 8.31. The number of ether oxygens (including phenoxy) is 1. The molecule has 28 heavy (non-hydrogen) atoms. The number of rotatable bonds is 6. The number of carbonyl (C=O) groups excluding carboxylic acids is 1. The van der Waals surface area contributed by atoms with Crippen molar-refractivity contribution in [3.8, 4) is 5.75 Å². The number of benzene rings is 2. The molecule has 0 bridgehead atoms. The van der Waals surface area contributed by atoms with Gasteiger partial charge in [0.2, 0.25) is 0 Å². The molecule has 5 nitrogen and oxygen atoms in total. The van der Waals surface area contributed by atoms with Crippen LogP contribution in [0.5, 0.6) is 5.75 Å². The Morgan fingerprint density at radius 2 is 1.93 bits per heavy atom. The van der Waals surface area contributed by atoms with Crippen molar-refractivity contribution in [3.63, 3.8) is 0 Å². The molecule has 1 aliphatic rings. The van der Waals surface area contributed by atoms with Crippen molar-refractivity contribution < 1.29 is 22.3 Å². The molecule has 1 amide bonds. The Labute approximate surface area is 165 Å². The second-order valence-electron chi connectivity index (χ2n) is 7.31. The summed E-state index contributed by atoms with van der Waals surface area (Å²) in [5.74, 6) is -0.0118. The van der Waals surface area contributed by atoms with Crippen molar-refractivity contribution in [1.29, 1.82) is 0 Å². The van der Waals surface area contributed by atoms with Gasteiger partial charge in [-0.1, -0.05) is 12.1 Å². The molecule has 0 N–H and O–H groups in total. The van der Waals surface area contributed by atoms with Gasteiger partial charge in [-0.2, -0.15) is 0 Å². The Morgan fingerprint density at radius 1 is 1.21 bits per heavy atom. The highest BCUT2D eigenvalue weighted by molar-refractivity contribution is 7.91. The van der Waals surface area contributed by atoms with Crippen molar-refractivity contribution in [1.82, 2.24) is 4.90 Å². The van der Waals surface area contributed by atoms with E-state index in [1.807, 2.05) is 13.8 Å². The van der Waals surface area contributed by atoms with E-state index in [1.165, 1.54) is 17.0 Å². The minimum Gasteiger partial charge on any atom is -0.491 e. The fourth-order valence-electron chi connectivity index (χ4n) is 3.33. The molecular weight excluding hydrogens is 381 g/mol. The van der Waals surface area contributed by atoms with Crippen molar-refractivity contribution >= 4 is 15.7 Å². The SMILES string of the molecule is CC(C)Oc1ccc(C(=O)N(Cc2cccc(F)c2)[C@H]2CCS(=O)(=O)C2)cc1. The molecule has 0 aliphatic carbocycles. The predicted octanol–water partition coefficient (Wildman–Crippen LogP) is 3.44. The van der Waals surface area contributed by atoms with Crippen LogP contribution in [-0.2, 0) is 16.4 Å². The van der Waals surface area contributed by atoms with E-state index in [4.69, 9.17) is 4.74 Å². The van der Waals surface area contributed by atoms with E-state index in [1.54, 1.807) is 36.4 Å². The van der Waals surface area contributed by atoms with E-state index in [-0.39, 0.29) is 35.9 Å². The van der Waals surface area contributed by atoms with Gasteiger partial charge in [0.25, 0.3) is 5.91 Å². The summed E-state index contributed by atoms with van der Waals surface area (Å²) in [7, 11) is -3.16. The molecule has 1 aliphatic heterocycles. The molecule has 0 spiro atoms. The maximum absolute atomic E-state index is 13.6. The molecule has 2 aromatic carbocycles. The third kappa shape index (κ3) is 5.10. The van der Waals surface area contributed by atoms with Gasteiger partial charge in [-0.05, 0) is 62.2 Å². The van der Waals surface area contributed by atoms with Crippen LogP contribution in [0.15, 0.2) is 48.5 Å². The normalized spacial score (nSPS) is 18.2. The Morgan fingerprint density at radius 3 is 2.50 bits per heavy atom. The standard InChI is InChI=1S/C21H24FNO4S/c1-15(2)27-20-8-6-17(7-9-20)21(24)23(19-10-11-28(25,26)14-19)13-16-4-3-5-18(22)12-16/h3-9,12,15,19H,10-11,13-14H2,1-2H3/t19-/m0/s1. The van der Waals surface area contributed by atoms with Gasteiger partial charge in [0.05, 0.1) is 17.6 Å². The molecule has 7 heteroatoms. The van der Waals surface area contributed by atoms with Crippen LogP contribution in [0.2, 0.25) is 0 Å². The zero-order valence-corrected chi connectivity index (χ0v) is 16.8. The van der Waals surface area contributed by atoms with Crippen LogP contribution in [0.4, 0.5) is 4.39 Å². The lowest BCUT2D eigenvalue weighted by Gasteiger charge is -2.28. The smallest absolute Gasteiger partial charge is 0.254 e. The van der Waals surface area contributed by atoms with Crippen molar-refractivity contribution in [2.45, 2.75) is 39.0 Å². The third-order valence-electron chi connectivity index (χ3n) is 4.63. The number of sulfone groups is 1. The average Bonchev–Trinajstić information content (AvgIpc) is 2.99. The highest BCUT2D eigenvalue weighted by Gasteiger charge is 2.35. The molecule has 0 saturated carbocycles. The summed E-state index contributed by atoms with van der Waals surface area (Å²) >= 11 is 0. The molecule has 3 rings (SSSR count). The highest BCUT2D eigenvalue weighted by Crippen LogP contribution is 2.24. The minimum absolute atomic E-state index is 0.0229. The zero-order chi connectivity index (χ0) is 20.3. The lowest BCUT2D eigenvalue weighted by atomic mass is 10.1. The first-order chi connectivity index (χ1) is 13.2. The third-order valence-corrected chi connectivity index (χ3v) is 6.38. The Bertz CT molecular complexity index is 941. The minimum atomic E-state index is -3.16. The van der Waals surface area contributed by atoms with Crippen molar-refractivity contribution in [2.75, 3.05) is 11.5 Å². The number of carbonyl (C=O) groups is 1. The summed E-state index contributed by atoms with van der Waals surface area (Å²) < 4.78 is 43.1. The van der Waals surface area contributed by atoms with Crippen molar-refractivity contribution in [3.05, 3.63) is 65.5 Å². The van der Waals surface area contributed by atoms with Gasteiger partial charge in [0.15, 0.2) is 9.84 Å². The quantitative estimate of drug-likeness (QED) is 0.739. The van der Waals surface area contributed by atoms with Crippen LogP contribution in [0.3, 0.4) is 0 Å². The van der Waals surface area contributed by atoms with E-state index in [9.17, 15) is 17.6 Å². The summed E-state index contributed by atoms with van der Waals surface area (Å²) in [5.41, 5.74) is 1.06. The summed E-state index contributed by atoms with van der Waals surface area (Å²) in [6.07, 6.45) is 0.410. The van der Waals surface area contributed by atoms with Crippen LogP contribution in [0.25, 0.3) is 0 Å². The zero-order valence-electron chi connectivity index (χ0n) is 16.0. The van der Waals surface area contributed by atoms with Crippen molar-refractivity contribution in [2.24, 2.45) is 0 Å². The van der Waals surface area contributed by atoms with Gasteiger partial charge in [0, 0.05) is 18.2 Å². The number of amides is 1. The van der Waals surface area contributed by atoms with Crippen LogP contribution in [-0.4, -0.2) is 42.9 Å². The van der Waals surface area contributed by atoms with E-state index < -0.39 is 15.9 Å². The number of hydrogen-bond donors (Lipinski definition) is 0. The molecular formula is C21H24FNO4S. The maximum atomic E-state index is 13.6. The molecule has 150 valence electrons. The molecule has 2 aromatic rings.